The molecule has 0 saturated heterocycles. The summed E-state index contributed by atoms with van der Waals surface area (Å²) in [4.78, 5) is 11.8. The number of amides is 1. The van der Waals surface area contributed by atoms with E-state index in [1.165, 1.54) is 6.07 Å². The molecule has 0 unspecified atom stereocenters. The summed E-state index contributed by atoms with van der Waals surface area (Å²) in [6, 6.07) is 4.76. The Morgan fingerprint density at radius 2 is 2.05 bits per heavy atom. The van der Waals surface area contributed by atoms with Crippen molar-refractivity contribution in [1.82, 2.24) is 4.72 Å². The molecule has 2 rings (SSSR count). The third-order valence-corrected chi connectivity index (χ3v) is 4.98. The van der Waals surface area contributed by atoms with Crippen LogP contribution in [0.1, 0.15) is 44.6 Å². The Balaban J connectivity index is 2.16. The van der Waals surface area contributed by atoms with Crippen molar-refractivity contribution < 1.29 is 13.2 Å². The number of hydrogen-bond acceptors (Lipinski definition) is 3. The maximum atomic E-state index is 12.2. The molecular weight excluding hydrogens is 276 g/mol. The fraction of sp³-hybridized carbons (Fsp3) is 0.500. The number of carbonyl (C=O) groups excluding carboxylic acids is 1. The predicted octanol–water partition coefficient (Wildman–Crippen LogP) is 2.21. The van der Waals surface area contributed by atoms with Crippen LogP contribution in [-0.2, 0) is 14.8 Å². The summed E-state index contributed by atoms with van der Waals surface area (Å²) < 4.78 is 26.9. The van der Waals surface area contributed by atoms with Crippen molar-refractivity contribution in [3.05, 3.63) is 23.8 Å². The van der Waals surface area contributed by atoms with Gasteiger partial charge in [-0.3, -0.25) is 4.79 Å². The highest BCUT2D eigenvalue weighted by Gasteiger charge is 2.28. The van der Waals surface area contributed by atoms with Crippen LogP contribution in [0.15, 0.2) is 23.1 Å². The molecule has 1 aliphatic heterocycles. The van der Waals surface area contributed by atoms with E-state index >= 15 is 0 Å². The zero-order chi connectivity index (χ0) is 14.8. The van der Waals surface area contributed by atoms with Crippen LogP contribution in [0.3, 0.4) is 0 Å². The SMILES string of the molecule is CCCCCNS(=O)(=O)c1ccc2c(c1)[C@@H](C)C(=O)N2. The number of carbonyl (C=O) groups is 1. The van der Waals surface area contributed by atoms with E-state index < -0.39 is 10.0 Å². The summed E-state index contributed by atoms with van der Waals surface area (Å²) in [5.74, 6) is -0.398. The van der Waals surface area contributed by atoms with Gasteiger partial charge in [-0.15, -0.1) is 0 Å². The van der Waals surface area contributed by atoms with Crippen molar-refractivity contribution in [1.29, 1.82) is 0 Å². The normalized spacial score (nSPS) is 17.9. The molecule has 5 nitrogen and oxygen atoms in total. The lowest BCUT2D eigenvalue weighted by molar-refractivity contribution is -0.116. The minimum Gasteiger partial charge on any atom is -0.325 e. The standard InChI is InChI=1S/C14H20N2O3S/c1-3-4-5-8-15-20(18,19)11-6-7-13-12(9-11)10(2)14(17)16-13/h6-7,9-10,15H,3-5,8H2,1-2H3,(H,16,17)/t10-/m1/s1. The van der Waals surface area contributed by atoms with Crippen LogP contribution in [0.5, 0.6) is 0 Å². The molecule has 110 valence electrons. The van der Waals surface area contributed by atoms with Crippen LogP contribution < -0.4 is 10.0 Å². The molecule has 0 fully saturated rings. The largest absolute Gasteiger partial charge is 0.325 e. The van der Waals surface area contributed by atoms with E-state index in [4.69, 9.17) is 0 Å². The highest BCUT2D eigenvalue weighted by Crippen LogP contribution is 2.33. The van der Waals surface area contributed by atoms with E-state index in [-0.39, 0.29) is 16.7 Å². The number of nitrogens with one attached hydrogen (secondary N) is 2. The molecule has 6 heteroatoms. The van der Waals surface area contributed by atoms with Crippen LogP contribution in [0.25, 0.3) is 0 Å². The highest BCUT2D eigenvalue weighted by molar-refractivity contribution is 7.89. The zero-order valence-electron chi connectivity index (χ0n) is 11.8. The zero-order valence-corrected chi connectivity index (χ0v) is 12.6. The van der Waals surface area contributed by atoms with Crippen LogP contribution in [0.4, 0.5) is 5.69 Å². The molecule has 1 aromatic rings. The molecule has 1 heterocycles. The van der Waals surface area contributed by atoms with Gasteiger partial charge in [0.1, 0.15) is 0 Å². The van der Waals surface area contributed by atoms with E-state index in [1.54, 1.807) is 19.1 Å². The van der Waals surface area contributed by atoms with E-state index in [9.17, 15) is 13.2 Å². The molecule has 0 aliphatic carbocycles. The van der Waals surface area contributed by atoms with Crippen molar-refractivity contribution in [3.63, 3.8) is 0 Å². The van der Waals surface area contributed by atoms with E-state index in [0.717, 1.165) is 24.8 Å². The van der Waals surface area contributed by atoms with E-state index in [0.29, 0.717) is 12.2 Å². The molecule has 1 aromatic carbocycles. The number of unbranched alkanes of at least 4 members (excludes halogenated alkanes) is 2. The number of sulfonamides is 1. The third-order valence-electron chi connectivity index (χ3n) is 3.52. The van der Waals surface area contributed by atoms with Gasteiger partial charge >= 0.3 is 0 Å². The van der Waals surface area contributed by atoms with Crippen LogP contribution in [0.2, 0.25) is 0 Å². The number of anilines is 1. The molecular formula is C14H20N2O3S. The van der Waals surface area contributed by atoms with Crippen molar-refractivity contribution in [3.8, 4) is 0 Å². The van der Waals surface area contributed by atoms with Gasteiger partial charge in [0, 0.05) is 12.2 Å². The predicted molar refractivity (Wildman–Crippen MR) is 78.2 cm³/mol. The monoisotopic (exact) mass is 296 g/mol. The second kappa shape index (κ2) is 5.93. The molecule has 1 amide bonds. The first-order valence-electron chi connectivity index (χ1n) is 6.90. The Labute approximate surface area is 119 Å². The smallest absolute Gasteiger partial charge is 0.240 e. The minimum atomic E-state index is -3.49. The lowest BCUT2D eigenvalue weighted by Crippen LogP contribution is -2.24. The summed E-state index contributed by atoms with van der Waals surface area (Å²) in [5, 5.41) is 2.73. The molecule has 1 atom stereocenters. The Morgan fingerprint density at radius 1 is 1.30 bits per heavy atom. The fourth-order valence-electron chi connectivity index (χ4n) is 2.23. The molecule has 2 N–H and O–H groups in total. The molecule has 20 heavy (non-hydrogen) atoms. The van der Waals surface area contributed by atoms with Gasteiger partial charge in [0.15, 0.2) is 0 Å². The molecule has 0 aromatic heterocycles. The van der Waals surface area contributed by atoms with Gasteiger partial charge < -0.3 is 5.32 Å². The van der Waals surface area contributed by atoms with Crippen molar-refractivity contribution in [2.45, 2.75) is 43.9 Å². The molecule has 0 bridgehead atoms. The van der Waals surface area contributed by atoms with Gasteiger partial charge in [0.05, 0.1) is 10.8 Å². The average molecular weight is 296 g/mol. The van der Waals surface area contributed by atoms with Gasteiger partial charge in [-0.25, -0.2) is 13.1 Å². The quantitative estimate of drug-likeness (QED) is 0.790. The van der Waals surface area contributed by atoms with Crippen LogP contribution in [0, 0.1) is 0 Å². The number of rotatable bonds is 6. The summed E-state index contributed by atoms with van der Waals surface area (Å²) in [6.45, 7) is 4.28. The Morgan fingerprint density at radius 3 is 2.75 bits per heavy atom. The summed E-state index contributed by atoms with van der Waals surface area (Å²) in [6.07, 6.45) is 2.88. The maximum Gasteiger partial charge on any atom is 0.240 e. The lowest BCUT2D eigenvalue weighted by Gasteiger charge is -2.08. The Bertz CT molecular complexity index is 611. The first-order valence-corrected chi connectivity index (χ1v) is 8.38. The molecule has 1 aliphatic rings. The fourth-order valence-corrected chi connectivity index (χ4v) is 3.34. The topological polar surface area (TPSA) is 75.3 Å². The van der Waals surface area contributed by atoms with Gasteiger partial charge in [-0.1, -0.05) is 19.8 Å². The maximum absolute atomic E-state index is 12.2. The third kappa shape index (κ3) is 3.02. The van der Waals surface area contributed by atoms with Crippen molar-refractivity contribution >= 4 is 21.6 Å². The van der Waals surface area contributed by atoms with Gasteiger partial charge in [-0.05, 0) is 37.1 Å². The number of fused-ring (bicyclic) bond motifs is 1. The first kappa shape index (κ1) is 15.0. The second-order valence-electron chi connectivity index (χ2n) is 5.06. The summed E-state index contributed by atoms with van der Waals surface area (Å²) in [5.41, 5.74) is 1.44. The Hall–Kier alpha value is -1.40. The van der Waals surface area contributed by atoms with Gasteiger partial charge in [-0.2, -0.15) is 0 Å². The van der Waals surface area contributed by atoms with Gasteiger partial charge in [0.25, 0.3) is 0 Å². The van der Waals surface area contributed by atoms with E-state index in [2.05, 4.69) is 17.0 Å². The Kier molecular flexibility index (Phi) is 4.45. The summed E-state index contributed by atoms with van der Waals surface area (Å²) in [7, 11) is -3.49. The van der Waals surface area contributed by atoms with E-state index in [1.807, 2.05) is 0 Å². The van der Waals surface area contributed by atoms with Crippen LogP contribution >= 0.6 is 0 Å². The van der Waals surface area contributed by atoms with Crippen molar-refractivity contribution in [2.75, 3.05) is 11.9 Å². The number of benzene rings is 1. The average Bonchev–Trinajstić information content (AvgIpc) is 2.70. The van der Waals surface area contributed by atoms with Gasteiger partial charge in [0.2, 0.25) is 15.9 Å². The lowest BCUT2D eigenvalue weighted by atomic mass is 10.0. The molecule has 0 radical (unpaired) electrons. The van der Waals surface area contributed by atoms with Crippen LogP contribution in [-0.4, -0.2) is 20.9 Å². The molecule has 0 spiro atoms. The number of hydrogen-bond donors (Lipinski definition) is 2. The van der Waals surface area contributed by atoms with Crippen molar-refractivity contribution in [2.24, 2.45) is 0 Å². The first-order chi connectivity index (χ1) is 9.45. The molecule has 0 saturated carbocycles. The summed E-state index contributed by atoms with van der Waals surface area (Å²) >= 11 is 0. The highest BCUT2D eigenvalue weighted by atomic mass is 32.2. The minimum absolute atomic E-state index is 0.0922. The second-order valence-corrected chi connectivity index (χ2v) is 6.83.